The second-order valence-corrected chi connectivity index (χ2v) is 9.09. The first-order chi connectivity index (χ1) is 10.5. The summed E-state index contributed by atoms with van der Waals surface area (Å²) in [6, 6.07) is 4.56. The van der Waals surface area contributed by atoms with Crippen molar-refractivity contribution in [3.05, 3.63) is 23.2 Å². The van der Waals surface area contributed by atoms with Gasteiger partial charge in [0.25, 0.3) is 0 Å². The molecule has 0 unspecified atom stereocenters. The summed E-state index contributed by atoms with van der Waals surface area (Å²) in [6.45, 7) is 1.70. The van der Waals surface area contributed by atoms with Crippen LogP contribution < -0.4 is 4.74 Å². The number of sulfonamides is 1. The van der Waals surface area contributed by atoms with Gasteiger partial charge in [-0.25, -0.2) is 8.42 Å². The maximum atomic E-state index is 12.7. The van der Waals surface area contributed by atoms with E-state index in [1.807, 2.05) is 0 Å². The fraction of sp³-hybridized carbons (Fsp3) is 0.571. The molecule has 2 fully saturated rings. The third-order valence-corrected chi connectivity index (χ3v) is 7.67. The molecule has 2 aliphatic heterocycles. The van der Waals surface area contributed by atoms with E-state index in [0.717, 1.165) is 25.2 Å². The van der Waals surface area contributed by atoms with Crippen molar-refractivity contribution in [3.8, 4) is 5.75 Å². The Kier molecular flexibility index (Phi) is 4.62. The number of methoxy groups -OCH3 is 1. The first-order valence-electron chi connectivity index (χ1n) is 7.08. The van der Waals surface area contributed by atoms with Crippen LogP contribution in [0.5, 0.6) is 5.75 Å². The number of piperidine rings is 1. The van der Waals surface area contributed by atoms with Gasteiger partial charge in [0.1, 0.15) is 10.7 Å². The van der Waals surface area contributed by atoms with Crippen LogP contribution in [0.15, 0.2) is 23.1 Å². The summed E-state index contributed by atoms with van der Waals surface area (Å²) in [5, 5.41) is 0.298. The zero-order valence-corrected chi connectivity index (χ0v) is 14.6. The normalized spacial score (nSPS) is 22.1. The van der Waals surface area contributed by atoms with Gasteiger partial charge >= 0.3 is 0 Å². The highest BCUT2D eigenvalue weighted by Gasteiger charge is 2.42. The number of benzene rings is 1. The fourth-order valence-corrected chi connectivity index (χ4v) is 5.78. The first kappa shape index (κ1) is 16.4. The molecular formula is C14H18ClNO4S2. The van der Waals surface area contributed by atoms with E-state index in [4.69, 9.17) is 21.1 Å². The minimum Gasteiger partial charge on any atom is -0.495 e. The molecule has 0 N–H and O–H groups in total. The molecule has 0 bridgehead atoms. The van der Waals surface area contributed by atoms with E-state index in [2.05, 4.69) is 0 Å². The van der Waals surface area contributed by atoms with Gasteiger partial charge in [-0.1, -0.05) is 11.6 Å². The van der Waals surface area contributed by atoms with E-state index >= 15 is 0 Å². The Balaban J connectivity index is 1.77. The number of ether oxygens (including phenoxy) is 2. The molecule has 2 heterocycles. The van der Waals surface area contributed by atoms with Crippen molar-refractivity contribution < 1.29 is 17.9 Å². The number of rotatable bonds is 3. The van der Waals surface area contributed by atoms with Gasteiger partial charge in [0.2, 0.25) is 10.0 Å². The summed E-state index contributed by atoms with van der Waals surface area (Å²) in [6.07, 6.45) is 1.45. The zero-order valence-electron chi connectivity index (χ0n) is 12.2. The molecule has 1 aromatic carbocycles. The molecule has 0 saturated carbocycles. The summed E-state index contributed by atoms with van der Waals surface area (Å²) in [4.78, 5) is 0.0260. The van der Waals surface area contributed by atoms with Crippen LogP contribution in [-0.4, -0.2) is 50.2 Å². The molecule has 5 nitrogen and oxygen atoms in total. The van der Waals surface area contributed by atoms with Crippen LogP contribution in [-0.2, 0) is 14.8 Å². The summed E-state index contributed by atoms with van der Waals surface area (Å²) in [5.41, 5.74) is 0. The summed E-state index contributed by atoms with van der Waals surface area (Å²) < 4.78 is 37.8. The average molecular weight is 364 g/mol. The SMILES string of the molecule is COc1ccc(S(=O)(=O)N2CCC3(CC2)OCCS3)cc1Cl. The Hall–Kier alpha value is -0.470. The third kappa shape index (κ3) is 2.97. The van der Waals surface area contributed by atoms with Crippen LogP contribution in [0.2, 0.25) is 5.02 Å². The van der Waals surface area contributed by atoms with Crippen LogP contribution >= 0.6 is 23.4 Å². The number of hydrogen-bond donors (Lipinski definition) is 0. The molecule has 0 aromatic heterocycles. The highest BCUT2D eigenvalue weighted by molar-refractivity contribution is 8.00. The molecule has 0 radical (unpaired) electrons. The lowest BCUT2D eigenvalue weighted by atomic mass is 10.1. The smallest absolute Gasteiger partial charge is 0.243 e. The van der Waals surface area contributed by atoms with Crippen molar-refractivity contribution >= 4 is 33.4 Å². The molecule has 2 aliphatic rings. The second kappa shape index (κ2) is 6.20. The molecular weight excluding hydrogens is 346 g/mol. The molecule has 1 aromatic rings. The number of halogens is 1. The van der Waals surface area contributed by atoms with Crippen molar-refractivity contribution in [2.45, 2.75) is 22.7 Å². The molecule has 3 rings (SSSR count). The Labute approximate surface area is 140 Å². The first-order valence-corrected chi connectivity index (χ1v) is 9.89. The van der Waals surface area contributed by atoms with Gasteiger partial charge in [0.05, 0.1) is 23.6 Å². The number of nitrogens with zero attached hydrogens (tertiary/aromatic N) is 1. The summed E-state index contributed by atoms with van der Waals surface area (Å²) >= 11 is 7.84. The van der Waals surface area contributed by atoms with Crippen LogP contribution in [0.25, 0.3) is 0 Å². The quantitative estimate of drug-likeness (QED) is 0.826. The Bertz CT molecular complexity index is 649. The third-order valence-electron chi connectivity index (χ3n) is 4.06. The summed E-state index contributed by atoms with van der Waals surface area (Å²) in [7, 11) is -2.03. The minimum atomic E-state index is -3.53. The van der Waals surface area contributed by atoms with E-state index in [0.29, 0.717) is 23.9 Å². The van der Waals surface area contributed by atoms with E-state index in [9.17, 15) is 8.42 Å². The Morgan fingerprint density at radius 2 is 2.09 bits per heavy atom. The Morgan fingerprint density at radius 3 is 2.64 bits per heavy atom. The molecule has 2 saturated heterocycles. The van der Waals surface area contributed by atoms with Gasteiger partial charge in [-0.3, -0.25) is 0 Å². The van der Waals surface area contributed by atoms with E-state index in [-0.39, 0.29) is 9.83 Å². The van der Waals surface area contributed by atoms with Crippen LogP contribution in [0.3, 0.4) is 0 Å². The Morgan fingerprint density at radius 1 is 1.36 bits per heavy atom. The second-order valence-electron chi connectivity index (χ2n) is 5.31. The van der Waals surface area contributed by atoms with Gasteiger partial charge in [0, 0.05) is 18.8 Å². The van der Waals surface area contributed by atoms with Crippen molar-refractivity contribution in [2.24, 2.45) is 0 Å². The van der Waals surface area contributed by atoms with Crippen molar-refractivity contribution in [1.29, 1.82) is 0 Å². The molecule has 0 amide bonds. The monoisotopic (exact) mass is 363 g/mol. The van der Waals surface area contributed by atoms with E-state index in [1.54, 1.807) is 17.8 Å². The van der Waals surface area contributed by atoms with Gasteiger partial charge in [0.15, 0.2) is 0 Å². The standard InChI is InChI=1S/C14H18ClNO4S2/c1-19-13-3-2-11(10-12(13)15)22(17,18)16-6-4-14(5-7-16)20-8-9-21-14/h2-3,10H,4-9H2,1H3. The van der Waals surface area contributed by atoms with Crippen LogP contribution in [0.1, 0.15) is 12.8 Å². The van der Waals surface area contributed by atoms with E-state index < -0.39 is 10.0 Å². The fourth-order valence-electron chi connectivity index (χ4n) is 2.81. The maximum absolute atomic E-state index is 12.7. The molecule has 8 heteroatoms. The van der Waals surface area contributed by atoms with Crippen molar-refractivity contribution in [2.75, 3.05) is 32.6 Å². The number of hydrogen-bond acceptors (Lipinski definition) is 5. The van der Waals surface area contributed by atoms with Gasteiger partial charge in [-0.2, -0.15) is 4.31 Å². The lowest BCUT2D eigenvalue weighted by molar-refractivity contribution is 0.0162. The molecule has 1 spiro atoms. The highest BCUT2D eigenvalue weighted by atomic mass is 35.5. The zero-order chi connectivity index (χ0) is 15.8. The number of thioether (sulfide) groups is 1. The van der Waals surface area contributed by atoms with Crippen LogP contribution in [0.4, 0.5) is 0 Å². The summed E-state index contributed by atoms with van der Waals surface area (Å²) in [5.74, 6) is 1.45. The van der Waals surface area contributed by atoms with Gasteiger partial charge in [-0.15, -0.1) is 11.8 Å². The molecule has 0 atom stereocenters. The minimum absolute atomic E-state index is 0.177. The lowest BCUT2D eigenvalue weighted by Gasteiger charge is -2.37. The highest BCUT2D eigenvalue weighted by Crippen LogP contribution is 2.42. The van der Waals surface area contributed by atoms with Crippen LogP contribution in [0, 0.1) is 0 Å². The average Bonchev–Trinajstić information content (AvgIpc) is 2.95. The predicted octanol–water partition coefficient (Wildman–Crippen LogP) is 2.59. The van der Waals surface area contributed by atoms with Crippen molar-refractivity contribution in [3.63, 3.8) is 0 Å². The maximum Gasteiger partial charge on any atom is 0.243 e. The lowest BCUT2D eigenvalue weighted by Crippen LogP contribution is -2.44. The largest absolute Gasteiger partial charge is 0.495 e. The molecule has 122 valence electrons. The molecule has 22 heavy (non-hydrogen) atoms. The topological polar surface area (TPSA) is 55.8 Å². The van der Waals surface area contributed by atoms with Gasteiger partial charge in [-0.05, 0) is 31.0 Å². The van der Waals surface area contributed by atoms with Crippen molar-refractivity contribution in [1.82, 2.24) is 4.31 Å². The van der Waals surface area contributed by atoms with E-state index in [1.165, 1.54) is 23.5 Å². The molecule has 0 aliphatic carbocycles. The predicted molar refractivity (Wildman–Crippen MR) is 87.1 cm³/mol. The van der Waals surface area contributed by atoms with Gasteiger partial charge < -0.3 is 9.47 Å².